The first-order chi connectivity index (χ1) is 9.08. The highest BCUT2D eigenvalue weighted by molar-refractivity contribution is 9.10. The monoisotopic (exact) mass is 324 g/mol. The number of hydrogen-bond acceptors (Lipinski definition) is 3. The maximum atomic E-state index is 13.4. The Morgan fingerprint density at radius 1 is 1.32 bits per heavy atom. The summed E-state index contributed by atoms with van der Waals surface area (Å²) in [5.41, 5.74) is 2.45. The van der Waals surface area contributed by atoms with Crippen molar-refractivity contribution in [3.05, 3.63) is 52.0 Å². The number of aryl methyl sites for hydroxylation is 1. The molecule has 0 aliphatic heterocycles. The number of nitrogens with one attached hydrogen (secondary N) is 1. The summed E-state index contributed by atoms with van der Waals surface area (Å²) in [4.78, 5) is 4.39. The molecule has 0 aliphatic carbocycles. The number of aromatic nitrogens is 1. The van der Waals surface area contributed by atoms with Gasteiger partial charge in [0.1, 0.15) is 11.6 Å². The summed E-state index contributed by atoms with van der Waals surface area (Å²) in [7, 11) is 1.62. The summed E-state index contributed by atoms with van der Waals surface area (Å²) in [6.45, 7) is 2.42. The molecule has 0 spiro atoms. The normalized spacial score (nSPS) is 10.3. The minimum Gasteiger partial charge on any atom is -0.497 e. The Kier molecular flexibility index (Phi) is 4.37. The summed E-state index contributed by atoms with van der Waals surface area (Å²) in [6, 6.07) is 8.64. The molecule has 0 aliphatic rings. The van der Waals surface area contributed by atoms with Crippen molar-refractivity contribution in [1.82, 2.24) is 4.98 Å². The Bertz CT molecular complexity index is 590. The van der Waals surface area contributed by atoms with Crippen molar-refractivity contribution in [2.45, 2.75) is 13.5 Å². The topological polar surface area (TPSA) is 34.1 Å². The molecular formula is C14H14BrFN2O. The summed E-state index contributed by atoms with van der Waals surface area (Å²) in [6.07, 6.45) is 0. The molecule has 100 valence electrons. The molecule has 0 radical (unpaired) electrons. The highest BCUT2D eigenvalue weighted by Crippen LogP contribution is 2.20. The van der Waals surface area contributed by atoms with Gasteiger partial charge in [-0.1, -0.05) is 0 Å². The molecule has 2 rings (SSSR count). The van der Waals surface area contributed by atoms with Gasteiger partial charge >= 0.3 is 0 Å². The van der Waals surface area contributed by atoms with Crippen molar-refractivity contribution in [1.29, 1.82) is 0 Å². The molecule has 0 amide bonds. The Morgan fingerprint density at radius 2 is 2.11 bits per heavy atom. The fraction of sp³-hybridized carbons (Fsp3) is 0.214. The molecule has 0 atom stereocenters. The maximum Gasteiger partial charge on any atom is 0.139 e. The van der Waals surface area contributed by atoms with Gasteiger partial charge in [0.2, 0.25) is 0 Å². The van der Waals surface area contributed by atoms with E-state index in [1.807, 2.05) is 19.1 Å². The van der Waals surface area contributed by atoms with E-state index in [9.17, 15) is 4.39 Å². The third kappa shape index (κ3) is 3.67. The van der Waals surface area contributed by atoms with Gasteiger partial charge in [-0.3, -0.25) is 4.98 Å². The summed E-state index contributed by atoms with van der Waals surface area (Å²) >= 11 is 3.12. The second-order valence-corrected chi connectivity index (χ2v) is 4.98. The zero-order valence-electron chi connectivity index (χ0n) is 10.7. The largest absolute Gasteiger partial charge is 0.497 e. The molecule has 1 aromatic heterocycles. The number of rotatable bonds is 4. The number of pyridine rings is 1. The third-order valence-corrected chi connectivity index (χ3v) is 3.25. The zero-order chi connectivity index (χ0) is 13.8. The van der Waals surface area contributed by atoms with Gasteiger partial charge in [0.05, 0.1) is 23.8 Å². The van der Waals surface area contributed by atoms with Gasteiger partial charge in [-0.05, 0) is 41.1 Å². The Hall–Kier alpha value is -1.62. The van der Waals surface area contributed by atoms with Crippen LogP contribution in [-0.4, -0.2) is 12.1 Å². The third-order valence-electron chi connectivity index (χ3n) is 2.61. The van der Waals surface area contributed by atoms with E-state index in [2.05, 4.69) is 26.2 Å². The fourth-order valence-corrected chi connectivity index (χ4v) is 1.96. The van der Waals surface area contributed by atoms with Crippen LogP contribution >= 0.6 is 15.9 Å². The predicted molar refractivity (Wildman–Crippen MR) is 77.0 cm³/mol. The van der Waals surface area contributed by atoms with Crippen molar-refractivity contribution < 1.29 is 9.13 Å². The first-order valence-electron chi connectivity index (χ1n) is 5.79. The molecule has 0 saturated heterocycles. The van der Waals surface area contributed by atoms with Gasteiger partial charge in [0.15, 0.2) is 0 Å². The van der Waals surface area contributed by atoms with E-state index in [1.54, 1.807) is 19.2 Å². The number of hydrogen-bond donors (Lipinski definition) is 1. The van der Waals surface area contributed by atoms with Crippen LogP contribution in [0.5, 0.6) is 5.75 Å². The van der Waals surface area contributed by atoms with E-state index in [-0.39, 0.29) is 5.82 Å². The van der Waals surface area contributed by atoms with Crippen LogP contribution in [0.4, 0.5) is 10.1 Å². The van der Waals surface area contributed by atoms with Gasteiger partial charge in [-0.2, -0.15) is 0 Å². The van der Waals surface area contributed by atoms with Gasteiger partial charge in [-0.15, -0.1) is 0 Å². The first kappa shape index (κ1) is 13.8. The van der Waals surface area contributed by atoms with E-state index in [0.29, 0.717) is 16.7 Å². The minimum atomic E-state index is -0.292. The molecule has 19 heavy (non-hydrogen) atoms. The average Bonchev–Trinajstić information content (AvgIpc) is 2.39. The summed E-state index contributed by atoms with van der Waals surface area (Å²) in [5, 5.41) is 3.13. The highest BCUT2D eigenvalue weighted by atomic mass is 79.9. The number of methoxy groups -OCH3 is 1. The maximum absolute atomic E-state index is 13.4. The lowest BCUT2D eigenvalue weighted by Crippen LogP contribution is -2.03. The quantitative estimate of drug-likeness (QED) is 0.925. The zero-order valence-corrected chi connectivity index (χ0v) is 12.3. The van der Waals surface area contributed by atoms with Crippen molar-refractivity contribution in [3.63, 3.8) is 0 Å². The molecule has 3 nitrogen and oxygen atoms in total. The van der Waals surface area contributed by atoms with E-state index >= 15 is 0 Å². The van der Waals surface area contributed by atoms with Crippen LogP contribution in [0.25, 0.3) is 0 Å². The Morgan fingerprint density at radius 3 is 2.79 bits per heavy atom. The van der Waals surface area contributed by atoms with Gasteiger partial charge < -0.3 is 10.1 Å². The lowest BCUT2D eigenvalue weighted by molar-refractivity contribution is 0.413. The van der Waals surface area contributed by atoms with Crippen molar-refractivity contribution in [2.24, 2.45) is 0 Å². The van der Waals surface area contributed by atoms with Crippen LogP contribution in [0.15, 0.2) is 34.8 Å². The second kappa shape index (κ2) is 6.02. The van der Waals surface area contributed by atoms with Crippen molar-refractivity contribution in [2.75, 3.05) is 12.4 Å². The lowest BCUT2D eigenvalue weighted by atomic mass is 10.2. The van der Waals surface area contributed by atoms with Crippen molar-refractivity contribution in [3.8, 4) is 5.75 Å². The SMILES string of the molecule is COc1cc(C)nc(CNc2ccc(Br)c(F)c2)c1. The van der Waals surface area contributed by atoms with Crippen LogP contribution in [0, 0.1) is 12.7 Å². The van der Waals surface area contributed by atoms with Crippen LogP contribution in [0.1, 0.15) is 11.4 Å². The second-order valence-electron chi connectivity index (χ2n) is 4.12. The van der Waals surface area contributed by atoms with Crippen LogP contribution < -0.4 is 10.1 Å². The Balaban J connectivity index is 2.09. The highest BCUT2D eigenvalue weighted by Gasteiger charge is 2.03. The van der Waals surface area contributed by atoms with Gasteiger partial charge in [0.25, 0.3) is 0 Å². The molecule has 0 bridgehead atoms. The summed E-state index contributed by atoms with van der Waals surface area (Å²) < 4.78 is 19.0. The molecule has 5 heteroatoms. The molecule has 0 saturated carbocycles. The number of nitrogens with zero attached hydrogens (tertiary/aromatic N) is 1. The molecule has 1 heterocycles. The van der Waals surface area contributed by atoms with E-state index < -0.39 is 0 Å². The lowest BCUT2D eigenvalue weighted by Gasteiger charge is -2.09. The fourth-order valence-electron chi connectivity index (χ4n) is 1.71. The standard InChI is InChI=1S/C14H14BrFN2O/c1-9-5-12(19-2)6-11(18-9)8-17-10-3-4-13(15)14(16)7-10/h3-7,17H,8H2,1-2H3. The van der Waals surface area contributed by atoms with Gasteiger partial charge in [-0.25, -0.2) is 4.39 Å². The molecule has 2 aromatic rings. The number of halogens is 2. The number of benzene rings is 1. The van der Waals surface area contributed by atoms with Crippen LogP contribution in [0.3, 0.4) is 0 Å². The van der Waals surface area contributed by atoms with Crippen LogP contribution in [0.2, 0.25) is 0 Å². The number of ether oxygens (including phenoxy) is 1. The van der Waals surface area contributed by atoms with Crippen molar-refractivity contribution >= 4 is 21.6 Å². The van der Waals surface area contributed by atoms with E-state index in [0.717, 1.165) is 17.1 Å². The van der Waals surface area contributed by atoms with E-state index in [1.165, 1.54) is 6.07 Å². The predicted octanol–water partition coefficient (Wildman–Crippen LogP) is 3.91. The van der Waals surface area contributed by atoms with E-state index in [4.69, 9.17) is 4.74 Å². The molecule has 1 N–H and O–H groups in total. The average molecular weight is 325 g/mol. The Labute approximate surface area is 119 Å². The minimum absolute atomic E-state index is 0.292. The molecule has 1 aromatic carbocycles. The summed E-state index contributed by atoms with van der Waals surface area (Å²) in [5.74, 6) is 0.478. The molecule has 0 fully saturated rings. The molecule has 0 unspecified atom stereocenters. The molecular weight excluding hydrogens is 311 g/mol. The smallest absolute Gasteiger partial charge is 0.139 e. The van der Waals surface area contributed by atoms with Crippen LogP contribution in [-0.2, 0) is 6.54 Å². The van der Waals surface area contributed by atoms with Gasteiger partial charge in [0, 0.05) is 23.5 Å². The number of anilines is 1. The first-order valence-corrected chi connectivity index (χ1v) is 6.58.